The SMILES string of the molecule is CC(C)c1cc(Nc2ccc(F)c(Cl)c2)ncc1CNCC1CC1.O=CO. The normalized spacial score (nSPS) is 13.1. The summed E-state index contributed by atoms with van der Waals surface area (Å²) < 4.78 is 13.3. The third-order valence-corrected chi connectivity index (χ3v) is 4.57. The van der Waals surface area contributed by atoms with Gasteiger partial charge in [-0.15, -0.1) is 0 Å². The number of hydrogen-bond acceptors (Lipinski definition) is 4. The van der Waals surface area contributed by atoms with Gasteiger partial charge >= 0.3 is 0 Å². The number of nitrogens with one attached hydrogen (secondary N) is 2. The van der Waals surface area contributed by atoms with Crippen LogP contribution in [0.25, 0.3) is 0 Å². The van der Waals surface area contributed by atoms with Crippen LogP contribution < -0.4 is 10.6 Å². The average molecular weight is 394 g/mol. The molecule has 7 heteroatoms. The van der Waals surface area contributed by atoms with Gasteiger partial charge < -0.3 is 15.7 Å². The van der Waals surface area contributed by atoms with E-state index in [1.165, 1.54) is 30.0 Å². The van der Waals surface area contributed by atoms with Gasteiger partial charge in [0.25, 0.3) is 6.47 Å². The zero-order valence-corrected chi connectivity index (χ0v) is 16.3. The minimum absolute atomic E-state index is 0.102. The van der Waals surface area contributed by atoms with Crippen molar-refractivity contribution >= 4 is 29.6 Å². The monoisotopic (exact) mass is 393 g/mol. The molecule has 0 amide bonds. The number of benzene rings is 1. The van der Waals surface area contributed by atoms with Gasteiger partial charge in [-0.1, -0.05) is 25.4 Å². The van der Waals surface area contributed by atoms with E-state index in [9.17, 15) is 4.39 Å². The van der Waals surface area contributed by atoms with Crippen molar-refractivity contribution in [2.75, 3.05) is 11.9 Å². The molecule has 1 aromatic heterocycles. The molecule has 3 rings (SSSR count). The fourth-order valence-corrected chi connectivity index (χ4v) is 2.89. The number of carbonyl (C=O) groups is 1. The molecule has 1 aliphatic rings. The molecule has 2 aromatic rings. The van der Waals surface area contributed by atoms with Crippen molar-refractivity contribution in [2.24, 2.45) is 5.92 Å². The zero-order chi connectivity index (χ0) is 19.8. The molecule has 1 saturated carbocycles. The molecule has 5 nitrogen and oxygen atoms in total. The van der Waals surface area contributed by atoms with Gasteiger partial charge in [0.05, 0.1) is 5.02 Å². The molecule has 27 heavy (non-hydrogen) atoms. The predicted octanol–water partition coefficient (Wildman–Crippen LogP) is 4.94. The molecule has 1 aromatic carbocycles. The number of anilines is 2. The summed E-state index contributed by atoms with van der Waals surface area (Å²) >= 11 is 5.83. The Balaban J connectivity index is 0.000000817. The van der Waals surface area contributed by atoms with Crippen LogP contribution in [0.15, 0.2) is 30.5 Å². The highest BCUT2D eigenvalue weighted by molar-refractivity contribution is 6.31. The maximum Gasteiger partial charge on any atom is 0.290 e. The van der Waals surface area contributed by atoms with E-state index in [4.69, 9.17) is 21.5 Å². The molecule has 0 spiro atoms. The van der Waals surface area contributed by atoms with Gasteiger partial charge in [-0.3, -0.25) is 4.79 Å². The lowest BCUT2D eigenvalue weighted by atomic mass is 9.99. The van der Waals surface area contributed by atoms with E-state index < -0.39 is 5.82 Å². The average Bonchev–Trinajstić information content (AvgIpc) is 3.44. The van der Waals surface area contributed by atoms with Crippen molar-refractivity contribution in [3.8, 4) is 0 Å². The maximum atomic E-state index is 13.3. The Labute approximate surface area is 164 Å². The van der Waals surface area contributed by atoms with E-state index >= 15 is 0 Å². The van der Waals surface area contributed by atoms with Gasteiger partial charge in [0.1, 0.15) is 11.6 Å². The summed E-state index contributed by atoms with van der Waals surface area (Å²) in [6.07, 6.45) is 4.62. The summed E-state index contributed by atoms with van der Waals surface area (Å²) in [5.74, 6) is 1.59. The largest absolute Gasteiger partial charge is 0.483 e. The van der Waals surface area contributed by atoms with E-state index in [1.807, 2.05) is 6.20 Å². The summed E-state index contributed by atoms with van der Waals surface area (Å²) in [7, 11) is 0. The van der Waals surface area contributed by atoms with E-state index in [0.29, 0.717) is 5.92 Å². The molecule has 146 valence electrons. The Morgan fingerprint density at radius 2 is 2.07 bits per heavy atom. The van der Waals surface area contributed by atoms with Crippen molar-refractivity contribution in [2.45, 2.75) is 39.2 Å². The molecule has 1 heterocycles. The van der Waals surface area contributed by atoms with Gasteiger partial charge in [0, 0.05) is 18.4 Å². The summed E-state index contributed by atoms with van der Waals surface area (Å²) in [6, 6.07) is 6.64. The van der Waals surface area contributed by atoms with Crippen LogP contribution in [0.1, 0.15) is 43.7 Å². The van der Waals surface area contributed by atoms with Gasteiger partial charge in [-0.25, -0.2) is 9.37 Å². The minimum atomic E-state index is -0.421. The van der Waals surface area contributed by atoms with Crippen LogP contribution in [-0.2, 0) is 11.3 Å². The molecule has 0 unspecified atom stereocenters. The minimum Gasteiger partial charge on any atom is -0.483 e. The first-order valence-corrected chi connectivity index (χ1v) is 9.31. The Bertz CT molecular complexity index is 767. The predicted molar refractivity (Wildman–Crippen MR) is 106 cm³/mol. The second-order valence-electron chi connectivity index (χ2n) is 6.86. The molecule has 0 aliphatic heterocycles. The zero-order valence-electron chi connectivity index (χ0n) is 15.5. The number of halogens is 2. The van der Waals surface area contributed by atoms with Gasteiger partial charge in [-0.05, 0) is 66.6 Å². The van der Waals surface area contributed by atoms with Crippen LogP contribution in [0.2, 0.25) is 5.02 Å². The van der Waals surface area contributed by atoms with Crippen LogP contribution in [0.4, 0.5) is 15.9 Å². The molecule has 0 saturated heterocycles. The van der Waals surface area contributed by atoms with E-state index in [0.717, 1.165) is 30.5 Å². The number of pyridine rings is 1. The summed E-state index contributed by atoms with van der Waals surface area (Å²) in [5.41, 5.74) is 3.22. The summed E-state index contributed by atoms with van der Waals surface area (Å²) in [5, 5.41) is 13.7. The van der Waals surface area contributed by atoms with Crippen molar-refractivity contribution in [3.63, 3.8) is 0 Å². The highest BCUT2D eigenvalue weighted by atomic mass is 35.5. The first-order chi connectivity index (χ1) is 12.9. The first-order valence-electron chi connectivity index (χ1n) is 8.94. The molecule has 1 aliphatic carbocycles. The van der Waals surface area contributed by atoms with E-state index in [2.05, 4.69) is 35.5 Å². The fraction of sp³-hybridized carbons (Fsp3) is 0.400. The van der Waals surface area contributed by atoms with Crippen LogP contribution >= 0.6 is 11.6 Å². The lowest BCUT2D eigenvalue weighted by Gasteiger charge is -2.15. The number of carboxylic acid groups (broad SMARTS) is 1. The Morgan fingerprint density at radius 1 is 1.37 bits per heavy atom. The number of rotatable bonds is 7. The second-order valence-corrected chi connectivity index (χ2v) is 7.26. The van der Waals surface area contributed by atoms with Gasteiger partial charge in [-0.2, -0.15) is 0 Å². The number of hydrogen-bond donors (Lipinski definition) is 3. The Hall–Kier alpha value is -2.18. The Morgan fingerprint density at radius 3 is 2.67 bits per heavy atom. The quantitative estimate of drug-likeness (QED) is 0.581. The number of aromatic nitrogens is 1. The molecular weight excluding hydrogens is 369 g/mol. The summed E-state index contributed by atoms with van der Waals surface area (Å²) in [6.45, 7) is 6.04. The van der Waals surface area contributed by atoms with Crippen LogP contribution in [0.3, 0.4) is 0 Å². The van der Waals surface area contributed by atoms with Crippen molar-refractivity contribution in [1.29, 1.82) is 0 Å². The van der Waals surface area contributed by atoms with E-state index in [-0.39, 0.29) is 11.5 Å². The lowest BCUT2D eigenvalue weighted by molar-refractivity contribution is -0.122. The van der Waals surface area contributed by atoms with E-state index in [1.54, 1.807) is 12.1 Å². The maximum absolute atomic E-state index is 13.3. The highest BCUT2D eigenvalue weighted by Crippen LogP contribution is 2.28. The van der Waals surface area contributed by atoms with Gasteiger partial charge in [0.15, 0.2) is 0 Å². The van der Waals surface area contributed by atoms with Crippen molar-refractivity contribution in [1.82, 2.24) is 10.3 Å². The van der Waals surface area contributed by atoms with Crippen LogP contribution in [0.5, 0.6) is 0 Å². The molecule has 0 atom stereocenters. The van der Waals surface area contributed by atoms with Crippen LogP contribution in [-0.4, -0.2) is 23.1 Å². The molecule has 0 radical (unpaired) electrons. The standard InChI is InChI=1S/C19H23ClFN3.CH2O2/c1-12(2)16-8-19(24-15-5-6-18(21)17(20)7-15)23-11-14(16)10-22-9-13-3-4-13;2-1-3/h5-8,11-13,22H,3-4,9-10H2,1-2H3,(H,23,24);1H,(H,2,3). The third kappa shape index (κ3) is 6.81. The molecule has 0 bridgehead atoms. The second kappa shape index (κ2) is 10.2. The fourth-order valence-electron chi connectivity index (χ4n) is 2.71. The third-order valence-electron chi connectivity index (χ3n) is 4.28. The number of nitrogens with zero attached hydrogens (tertiary/aromatic N) is 1. The van der Waals surface area contributed by atoms with Crippen molar-refractivity contribution < 1.29 is 14.3 Å². The smallest absolute Gasteiger partial charge is 0.290 e. The van der Waals surface area contributed by atoms with Gasteiger partial charge in [0.2, 0.25) is 0 Å². The molecular formula is C20H25ClFN3O2. The van der Waals surface area contributed by atoms with Crippen LogP contribution in [0, 0.1) is 11.7 Å². The topological polar surface area (TPSA) is 74.2 Å². The molecule has 1 fully saturated rings. The summed E-state index contributed by atoms with van der Waals surface area (Å²) in [4.78, 5) is 12.9. The highest BCUT2D eigenvalue weighted by Gasteiger charge is 2.20. The first kappa shape index (κ1) is 21.1. The van der Waals surface area contributed by atoms with Crippen molar-refractivity contribution in [3.05, 3.63) is 52.4 Å². The Kier molecular flexibility index (Phi) is 8.00. The molecule has 3 N–H and O–H groups in total. The lowest BCUT2D eigenvalue weighted by Crippen LogP contribution is -2.17.